The van der Waals surface area contributed by atoms with Crippen LogP contribution >= 0.6 is 11.3 Å². The number of thiazole rings is 1. The first-order valence-electron chi connectivity index (χ1n) is 4.96. The molecule has 0 saturated heterocycles. The Morgan fingerprint density at radius 3 is 2.89 bits per heavy atom. The summed E-state index contributed by atoms with van der Waals surface area (Å²) in [5.41, 5.74) is 0.611. The Morgan fingerprint density at radius 1 is 1.56 bits per heavy atom. The second-order valence-corrected chi connectivity index (χ2v) is 4.48. The molecule has 0 aliphatic heterocycles. The van der Waals surface area contributed by atoms with Crippen molar-refractivity contribution in [3.05, 3.63) is 33.6 Å². The minimum absolute atomic E-state index is 0.157. The first-order chi connectivity index (χ1) is 8.58. The Balaban J connectivity index is 2.01. The van der Waals surface area contributed by atoms with Crippen molar-refractivity contribution in [2.24, 2.45) is 0 Å². The molecule has 0 spiro atoms. The number of nitrogens with zero attached hydrogens (tertiary/aromatic N) is 2. The Hall–Kier alpha value is -2.22. The number of amides is 1. The van der Waals surface area contributed by atoms with Crippen molar-refractivity contribution in [1.29, 1.82) is 0 Å². The lowest BCUT2D eigenvalue weighted by Gasteiger charge is -1.98. The van der Waals surface area contributed by atoms with E-state index in [4.69, 9.17) is 5.11 Å². The quantitative estimate of drug-likeness (QED) is 0.858. The predicted molar refractivity (Wildman–Crippen MR) is 61.5 cm³/mol. The molecule has 0 radical (unpaired) electrons. The fourth-order valence-electron chi connectivity index (χ4n) is 1.30. The zero-order valence-electron chi connectivity index (χ0n) is 9.34. The zero-order valence-corrected chi connectivity index (χ0v) is 10.2. The molecule has 0 aliphatic rings. The lowest BCUT2D eigenvalue weighted by Crippen LogP contribution is -2.22. The number of carbonyl (C=O) groups is 2. The van der Waals surface area contributed by atoms with Gasteiger partial charge in [0.05, 0.1) is 12.2 Å². The van der Waals surface area contributed by atoms with Crippen LogP contribution in [-0.4, -0.2) is 27.1 Å². The van der Waals surface area contributed by atoms with Gasteiger partial charge >= 0.3 is 5.97 Å². The second-order valence-electron chi connectivity index (χ2n) is 3.39. The molecule has 2 heterocycles. The Bertz CT molecular complexity index is 576. The van der Waals surface area contributed by atoms with Crippen LogP contribution in [0.5, 0.6) is 0 Å². The molecular formula is C10H9N3O4S. The number of nitrogens with one attached hydrogen (secondary N) is 1. The van der Waals surface area contributed by atoms with Crippen LogP contribution in [0.4, 0.5) is 0 Å². The maximum absolute atomic E-state index is 11.5. The SMILES string of the molecule is Cc1nc(CNC(=O)c2ccon2)sc1C(=O)O. The van der Waals surface area contributed by atoms with Crippen LogP contribution in [0.1, 0.15) is 30.9 Å². The van der Waals surface area contributed by atoms with Crippen LogP contribution in [0.15, 0.2) is 16.9 Å². The number of rotatable bonds is 4. The molecule has 0 saturated carbocycles. The number of carboxylic acid groups (broad SMARTS) is 1. The number of hydrogen-bond donors (Lipinski definition) is 2. The molecule has 2 N–H and O–H groups in total. The highest BCUT2D eigenvalue weighted by Gasteiger charge is 2.15. The summed E-state index contributed by atoms with van der Waals surface area (Å²) < 4.78 is 4.54. The molecule has 2 aromatic rings. The van der Waals surface area contributed by atoms with E-state index in [9.17, 15) is 9.59 Å². The average Bonchev–Trinajstić information content (AvgIpc) is 2.94. The number of aryl methyl sites for hydroxylation is 1. The normalized spacial score (nSPS) is 10.3. The van der Waals surface area contributed by atoms with Crippen molar-refractivity contribution in [3.63, 3.8) is 0 Å². The average molecular weight is 267 g/mol. The van der Waals surface area contributed by atoms with Gasteiger partial charge in [-0.25, -0.2) is 9.78 Å². The van der Waals surface area contributed by atoms with Gasteiger partial charge in [0.2, 0.25) is 0 Å². The molecule has 1 amide bonds. The van der Waals surface area contributed by atoms with Crippen LogP contribution in [0, 0.1) is 6.92 Å². The number of aromatic nitrogens is 2. The van der Waals surface area contributed by atoms with Gasteiger partial charge in [-0.15, -0.1) is 11.3 Å². The van der Waals surface area contributed by atoms with Crippen LogP contribution in [0.3, 0.4) is 0 Å². The molecule has 0 fully saturated rings. The summed E-state index contributed by atoms with van der Waals surface area (Å²) in [6, 6.07) is 1.44. The maximum atomic E-state index is 11.5. The fraction of sp³-hybridized carbons (Fsp3) is 0.200. The van der Waals surface area contributed by atoms with Gasteiger partial charge in [0, 0.05) is 6.07 Å². The highest BCUT2D eigenvalue weighted by molar-refractivity contribution is 7.13. The Kier molecular flexibility index (Phi) is 3.38. The topological polar surface area (TPSA) is 105 Å². The third-order valence-corrected chi connectivity index (χ3v) is 3.25. The molecule has 0 atom stereocenters. The lowest BCUT2D eigenvalue weighted by atomic mass is 10.4. The van der Waals surface area contributed by atoms with E-state index < -0.39 is 11.9 Å². The Morgan fingerprint density at radius 2 is 2.33 bits per heavy atom. The van der Waals surface area contributed by atoms with E-state index in [-0.39, 0.29) is 17.1 Å². The fourth-order valence-corrected chi connectivity index (χ4v) is 2.15. The summed E-state index contributed by atoms with van der Waals surface area (Å²) in [6.45, 7) is 1.77. The van der Waals surface area contributed by atoms with Crippen LogP contribution in [0.2, 0.25) is 0 Å². The van der Waals surface area contributed by atoms with Gasteiger partial charge in [0.1, 0.15) is 16.1 Å². The molecule has 7 nitrogen and oxygen atoms in total. The van der Waals surface area contributed by atoms with E-state index in [1.54, 1.807) is 6.92 Å². The van der Waals surface area contributed by atoms with Crippen molar-refractivity contribution >= 4 is 23.2 Å². The molecule has 0 unspecified atom stereocenters. The third-order valence-electron chi connectivity index (χ3n) is 2.11. The van der Waals surface area contributed by atoms with Crippen LogP contribution in [-0.2, 0) is 6.54 Å². The number of hydrogen-bond acceptors (Lipinski definition) is 6. The number of aromatic carboxylic acids is 1. The summed E-state index contributed by atoms with van der Waals surface area (Å²) in [5.74, 6) is -1.41. The standard InChI is InChI=1S/C10H9N3O4S/c1-5-8(10(15)16)18-7(12-5)4-11-9(14)6-2-3-17-13-6/h2-3H,4H2,1H3,(H,11,14)(H,15,16). The summed E-state index contributed by atoms with van der Waals surface area (Å²) >= 11 is 1.04. The highest BCUT2D eigenvalue weighted by Crippen LogP contribution is 2.17. The third kappa shape index (κ3) is 2.54. The van der Waals surface area contributed by atoms with E-state index in [1.165, 1.54) is 12.3 Å². The summed E-state index contributed by atoms with van der Waals surface area (Å²) in [6.07, 6.45) is 1.30. The van der Waals surface area contributed by atoms with Crippen molar-refractivity contribution in [1.82, 2.24) is 15.5 Å². The minimum Gasteiger partial charge on any atom is -0.477 e. The molecular weight excluding hydrogens is 258 g/mol. The summed E-state index contributed by atoms with van der Waals surface area (Å²) in [5, 5.41) is 15.5. The molecule has 2 aromatic heterocycles. The van der Waals surface area contributed by atoms with Gasteiger partial charge in [-0.05, 0) is 6.92 Å². The molecule has 94 valence electrons. The van der Waals surface area contributed by atoms with Gasteiger partial charge in [-0.2, -0.15) is 0 Å². The molecule has 18 heavy (non-hydrogen) atoms. The van der Waals surface area contributed by atoms with Gasteiger partial charge in [-0.1, -0.05) is 5.16 Å². The van der Waals surface area contributed by atoms with E-state index >= 15 is 0 Å². The van der Waals surface area contributed by atoms with Gasteiger partial charge in [0.15, 0.2) is 5.69 Å². The van der Waals surface area contributed by atoms with Gasteiger partial charge in [-0.3, -0.25) is 4.79 Å². The number of carbonyl (C=O) groups excluding carboxylic acids is 1. The van der Waals surface area contributed by atoms with E-state index in [0.29, 0.717) is 10.7 Å². The van der Waals surface area contributed by atoms with Crippen molar-refractivity contribution in [3.8, 4) is 0 Å². The minimum atomic E-state index is -1.01. The van der Waals surface area contributed by atoms with Crippen molar-refractivity contribution in [2.45, 2.75) is 13.5 Å². The van der Waals surface area contributed by atoms with Gasteiger partial charge in [0.25, 0.3) is 5.91 Å². The summed E-state index contributed by atoms with van der Waals surface area (Å²) in [4.78, 5) is 26.6. The summed E-state index contributed by atoms with van der Waals surface area (Å²) in [7, 11) is 0. The van der Waals surface area contributed by atoms with Crippen molar-refractivity contribution < 1.29 is 19.2 Å². The largest absolute Gasteiger partial charge is 0.477 e. The first kappa shape index (κ1) is 12.2. The highest BCUT2D eigenvalue weighted by atomic mass is 32.1. The first-order valence-corrected chi connectivity index (χ1v) is 5.77. The molecule has 0 aromatic carbocycles. The second kappa shape index (κ2) is 4.96. The zero-order chi connectivity index (χ0) is 13.1. The molecule has 0 bridgehead atoms. The molecule has 2 rings (SSSR count). The van der Waals surface area contributed by atoms with E-state index in [1.807, 2.05) is 0 Å². The monoisotopic (exact) mass is 267 g/mol. The predicted octanol–water partition coefficient (Wildman–Crippen LogP) is 1.07. The molecule has 0 aliphatic carbocycles. The van der Waals surface area contributed by atoms with Crippen molar-refractivity contribution in [2.75, 3.05) is 0 Å². The lowest BCUT2D eigenvalue weighted by molar-refractivity contribution is 0.0701. The smallest absolute Gasteiger partial charge is 0.347 e. The van der Waals surface area contributed by atoms with E-state index in [0.717, 1.165) is 11.3 Å². The van der Waals surface area contributed by atoms with Crippen LogP contribution in [0.25, 0.3) is 0 Å². The Labute approximate surface area is 105 Å². The maximum Gasteiger partial charge on any atom is 0.347 e. The van der Waals surface area contributed by atoms with Gasteiger partial charge < -0.3 is 14.9 Å². The van der Waals surface area contributed by atoms with Crippen LogP contribution < -0.4 is 5.32 Å². The van der Waals surface area contributed by atoms with E-state index in [2.05, 4.69) is 20.0 Å². The number of carboxylic acids is 1. The molecule has 8 heteroatoms.